The number of H-pyrrole nitrogens is 1. The van der Waals surface area contributed by atoms with Crippen molar-refractivity contribution in [3.63, 3.8) is 0 Å². The van der Waals surface area contributed by atoms with Crippen LogP contribution in [0.4, 0.5) is 0 Å². The van der Waals surface area contributed by atoms with E-state index < -0.39 is 31.4 Å². The lowest BCUT2D eigenvalue weighted by atomic mass is 9.85. The average molecular weight is 535 g/mol. The Morgan fingerprint density at radius 2 is 1.84 bits per heavy atom. The van der Waals surface area contributed by atoms with Crippen LogP contribution >= 0.6 is 7.60 Å². The molecule has 1 aromatic carbocycles. The lowest BCUT2D eigenvalue weighted by Gasteiger charge is -2.33. The second-order valence-corrected chi connectivity index (χ2v) is 11.9. The van der Waals surface area contributed by atoms with Crippen LogP contribution in [0.25, 0.3) is 0 Å². The largest absolute Gasteiger partial charge is 0.379 e. The fourth-order valence-corrected chi connectivity index (χ4v) is 6.04. The fraction of sp³-hybridized carbons (Fsp3) is 0.577. The predicted molar refractivity (Wildman–Crippen MR) is 140 cm³/mol. The zero-order valence-corrected chi connectivity index (χ0v) is 22.5. The normalized spacial score (nSPS) is 17.1. The predicted octanol–water partition coefficient (Wildman–Crippen LogP) is 3.33. The number of aliphatic hydroxyl groups excluding tert-OH is 1. The van der Waals surface area contributed by atoms with Crippen molar-refractivity contribution >= 4 is 19.4 Å². The van der Waals surface area contributed by atoms with Crippen LogP contribution in [0.2, 0.25) is 0 Å². The van der Waals surface area contributed by atoms with Gasteiger partial charge in [0.25, 0.3) is 0 Å². The first-order valence-corrected chi connectivity index (χ1v) is 14.5. The maximum absolute atomic E-state index is 13.5. The molecule has 4 N–H and O–H groups in total. The van der Waals surface area contributed by atoms with Gasteiger partial charge in [-0.2, -0.15) is 0 Å². The number of hydrogen-bond acceptors (Lipinski definition) is 7. The first-order chi connectivity index (χ1) is 17.8. The van der Waals surface area contributed by atoms with Crippen molar-refractivity contribution in [1.82, 2.24) is 20.6 Å². The standard InChI is InChI=1S/C26H39N4O6P/c1-35-37(34,36-2)26(33)23(15-20-11-7-4-8-12-20)30-25(32)22(16-21-17-27-18-28-21)29-24(31)14-13-19-9-5-3-6-10-19/h3,5-6,9-10,17-18,20,22-23,26,33H,4,7-8,11-16H2,1-2H3,(H,27,28)(H,29,31)(H,30,32)/t22-,23-,26+/m0/s1. The first kappa shape index (κ1) is 29.0. The van der Waals surface area contributed by atoms with Crippen molar-refractivity contribution in [2.45, 2.75) is 75.7 Å². The van der Waals surface area contributed by atoms with Crippen LogP contribution in [0.5, 0.6) is 0 Å². The Labute approximate surface area is 218 Å². The summed E-state index contributed by atoms with van der Waals surface area (Å²) in [5, 5.41) is 16.7. The van der Waals surface area contributed by atoms with E-state index in [0.717, 1.165) is 37.7 Å². The summed E-state index contributed by atoms with van der Waals surface area (Å²) in [6, 6.07) is 7.83. The quantitative estimate of drug-likeness (QED) is 0.272. The van der Waals surface area contributed by atoms with Crippen molar-refractivity contribution in [3.05, 3.63) is 54.1 Å². The van der Waals surface area contributed by atoms with Crippen LogP contribution in [-0.4, -0.2) is 59.0 Å². The van der Waals surface area contributed by atoms with Gasteiger partial charge >= 0.3 is 7.60 Å². The summed E-state index contributed by atoms with van der Waals surface area (Å²) in [7, 11) is -1.46. The third-order valence-electron chi connectivity index (χ3n) is 6.94. The van der Waals surface area contributed by atoms with Crippen LogP contribution in [-0.2, 0) is 36.0 Å². The molecule has 0 aliphatic heterocycles. The second-order valence-electron chi connectivity index (χ2n) is 9.54. The van der Waals surface area contributed by atoms with Gasteiger partial charge in [0.1, 0.15) is 6.04 Å². The Bertz CT molecular complexity index is 1010. The van der Waals surface area contributed by atoms with Crippen molar-refractivity contribution in [1.29, 1.82) is 0 Å². The van der Waals surface area contributed by atoms with Crippen molar-refractivity contribution < 1.29 is 28.3 Å². The molecule has 1 aliphatic rings. The molecule has 1 saturated carbocycles. The van der Waals surface area contributed by atoms with Gasteiger partial charge in [0.05, 0.1) is 18.1 Å². The number of aromatic nitrogens is 2. The van der Waals surface area contributed by atoms with Gasteiger partial charge in [0, 0.05) is 33.3 Å². The second kappa shape index (κ2) is 14.4. The highest BCUT2D eigenvalue weighted by Crippen LogP contribution is 2.52. The molecule has 0 saturated heterocycles. The third-order valence-corrected chi connectivity index (χ3v) is 8.96. The van der Waals surface area contributed by atoms with Crippen molar-refractivity contribution in [3.8, 4) is 0 Å². The minimum absolute atomic E-state index is 0.158. The van der Waals surface area contributed by atoms with Gasteiger partial charge in [-0.15, -0.1) is 0 Å². The maximum atomic E-state index is 13.5. The number of imidazole rings is 1. The van der Waals surface area contributed by atoms with Gasteiger partial charge in [0.15, 0.2) is 5.85 Å². The van der Waals surface area contributed by atoms with Gasteiger partial charge in [0.2, 0.25) is 11.8 Å². The summed E-state index contributed by atoms with van der Waals surface area (Å²) in [5.74, 6) is -2.05. The summed E-state index contributed by atoms with van der Waals surface area (Å²) in [4.78, 5) is 33.3. The fourth-order valence-electron chi connectivity index (χ4n) is 4.82. The van der Waals surface area contributed by atoms with Gasteiger partial charge in [-0.1, -0.05) is 62.4 Å². The number of carbonyl (C=O) groups excluding carboxylic acids is 2. The van der Waals surface area contributed by atoms with E-state index in [2.05, 4.69) is 20.6 Å². The number of nitrogens with zero attached hydrogens (tertiary/aromatic N) is 1. The molecule has 37 heavy (non-hydrogen) atoms. The Kier molecular flexibility index (Phi) is 11.3. The summed E-state index contributed by atoms with van der Waals surface area (Å²) >= 11 is 0. The molecule has 1 heterocycles. The lowest BCUT2D eigenvalue weighted by Crippen LogP contribution is -2.54. The number of aromatic amines is 1. The minimum atomic E-state index is -3.88. The van der Waals surface area contributed by atoms with Crippen LogP contribution in [0.15, 0.2) is 42.9 Å². The molecule has 10 nitrogen and oxygen atoms in total. The summed E-state index contributed by atoms with van der Waals surface area (Å²) in [6.07, 6.45) is 9.76. The number of aryl methyl sites for hydroxylation is 1. The van der Waals surface area contributed by atoms with Gasteiger partial charge < -0.3 is 29.8 Å². The molecular formula is C26H39N4O6P. The Morgan fingerprint density at radius 1 is 1.14 bits per heavy atom. The van der Waals surface area contributed by atoms with E-state index in [1.165, 1.54) is 20.5 Å². The highest BCUT2D eigenvalue weighted by molar-refractivity contribution is 7.54. The number of nitrogens with one attached hydrogen (secondary N) is 3. The van der Waals surface area contributed by atoms with Crippen LogP contribution in [0, 0.1) is 5.92 Å². The summed E-state index contributed by atoms with van der Waals surface area (Å²) in [5.41, 5.74) is 1.63. The highest BCUT2D eigenvalue weighted by atomic mass is 31.2. The molecule has 0 spiro atoms. The SMILES string of the molecule is COP(=O)(OC)[C@@H](O)[C@H](CC1CCCCC1)NC(=O)[C@H](Cc1c[nH]cn1)NC(=O)CCc1ccccc1. The molecule has 3 atom stereocenters. The van der Waals surface area contributed by atoms with Crippen molar-refractivity contribution in [2.24, 2.45) is 5.92 Å². The number of carbonyl (C=O) groups is 2. The lowest BCUT2D eigenvalue weighted by molar-refractivity contribution is -0.129. The molecule has 2 aromatic rings. The smallest absolute Gasteiger partial charge is 0.360 e. The molecule has 0 unspecified atom stereocenters. The number of amides is 2. The van der Waals surface area contributed by atoms with Crippen LogP contribution in [0.1, 0.15) is 56.2 Å². The molecule has 11 heteroatoms. The number of aliphatic hydroxyl groups is 1. The van der Waals surface area contributed by atoms with E-state index >= 15 is 0 Å². The van der Waals surface area contributed by atoms with Gasteiger partial charge in [-0.25, -0.2) is 4.98 Å². The maximum Gasteiger partial charge on any atom is 0.360 e. The number of rotatable bonds is 14. The molecule has 0 bridgehead atoms. The zero-order valence-electron chi connectivity index (χ0n) is 21.6. The molecule has 2 amide bonds. The summed E-state index contributed by atoms with van der Waals surface area (Å²) in [6.45, 7) is 0. The first-order valence-electron chi connectivity index (χ1n) is 12.8. The number of benzene rings is 1. The molecule has 1 aromatic heterocycles. The molecule has 1 aliphatic carbocycles. The molecule has 1 fully saturated rings. The van der Waals surface area contributed by atoms with E-state index in [9.17, 15) is 19.3 Å². The van der Waals surface area contributed by atoms with Gasteiger partial charge in [-0.3, -0.25) is 14.2 Å². The van der Waals surface area contributed by atoms with Gasteiger partial charge in [-0.05, 0) is 24.3 Å². The zero-order chi connectivity index (χ0) is 26.7. The Balaban J connectivity index is 1.73. The topological polar surface area (TPSA) is 143 Å². The van der Waals surface area contributed by atoms with E-state index in [4.69, 9.17) is 9.05 Å². The Hall–Kier alpha value is -2.52. The third kappa shape index (κ3) is 8.78. The van der Waals surface area contributed by atoms with E-state index in [0.29, 0.717) is 18.5 Å². The van der Waals surface area contributed by atoms with Crippen LogP contribution < -0.4 is 10.6 Å². The number of hydrogen-bond donors (Lipinski definition) is 4. The minimum Gasteiger partial charge on any atom is -0.379 e. The summed E-state index contributed by atoms with van der Waals surface area (Å²) < 4.78 is 23.1. The van der Waals surface area contributed by atoms with E-state index in [-0.39, 0.29) is 24.7 Å². The average Bonchev–Trinajstić information content (AvgIpc) is 3.44. The van der Waals surface area contributed by atoms with Crippen molar-refractivity contribution in [2.75, 3.05) is 14.2 Å². The molecule has 204 valence electrons. The highest BCUT2D eigenvalue weighted by Gasteiger charge is 2.41. The van der Waals surface area contributed by atoms with E-state index in [1.54, 1.807) is 6.20 Å². The Morgan fingerprint density at radius 3 is 2.46 bits per heavy atom. The van der Waals surface area contributed by atoms with E-state index in [1.807, 2.05) is 30.3 Å². The monoisotopic (exact) mass is 534 g/mol. The molecule has 0 radical (unpaired) electrons. The molecular weight excluding hydrogens is 495 g/mol. The van der Waals surface area contributed by atoms with Crippen LogP contribution in [0.3, 0.4) is 0 Å². The molecule has 3 rings (SSSR count).